The molecule has 0 unspecified atom stereocenters. The van der Waals surface area contributed by atoms with Gasteiger partial charge in [0.25, 0.3) is 0 Å². The summed E-state index contributed by atoms with van der Waals surface area (Å²) in [6, 6.07) is 5.73. The number of nitrogens with one attached hydrogen (secondary N) is 1. The van der Waals surface area contributed by atoms with Crippen LogP contribution in [0.1, 0.15) is 19.4 Å². The lowest BCUT2D eigenvalue weighted by molar-refractivity contribution is -0.139. The lowest BCUT2D eigenvalue weighted by Gasteiger charge is -2.48. The molecule has 110 valence electrons. The number of β-amino-alcohol motifs (C(OH)–C–C–N with tert-alkyl or cyclic N) is 1. The van der Waals surface area contributed by atoms with Crippen LogP contribution in [0.5, 0.6) is 0 Å². The summed E-state index contributed by atoms with van der Waals surface area (Å²) in [5, 5.41) is 13.0. The first-order chi connectivity index (χ1) is 9.30. The Morgan fingerprint density at radius 1 is 1.50 bits per heavy atom. The molecule has 2 N–H and O–H groups in total. The Labute approximate surface area is 128 Å². The van der Waals surface area contributed by atoms with Crippen LogP contribution in [0.15, 0.2) is 22.7 Å². The Kier molecular flexibility index (Phi) is 4.52. The van der Waals surface area contributed by atoms with Gasteiger partial charge in [-0.05, 0) is 36.6 Å². The number of anilines is 1. The number of aliphatic hydroxyl groups is 1. The predicted octanol–water partition coefficient (Wildman–Crippen LogP) is 2.40. The molecule has 1 heterocycles. The van der Waals surface area contributed by atoms with E-state index in [0.29, 0.717) is 19.6 Å². The zero-order valence-electron chi connectivity index (χ0n) is 12.1. The molecule has 1 saturated heterocycles. The highest BCUT2D eigenvalue weighted by molar-refractivity contribution is 9.10. The van der Waals surface area contributed by atoms with E-state index in [9.17, 15) is 9.90 Å². The third-order valence-electron chi connectivity index (χ3n) is 3.88. The Morgan fingerprint density at radius 2 is 2.15 bits per heavy atom. The SMILES string of the molecule is Cc1cc(NC(=O)CN2CC(O)(C(C)C)C2)ccc1Br. The van der Waals surface area contributed by atoms with Gasteiger partial charge in [-0.2, -0.15) is 0 Å². The molecule has 0 aromatic heterocycles. The molecular formula is C15H21BrN2O2. The van der Waals surface area contributed by atoms with Crippen LogP contribution in [0.4, 0.5) is 5.69 Å². The summed E-state index contributed by atoms with van der Waals surface area (Å²) in [7, 11) is 0. The maximum atomic E-state index is 11.9. The zero-order chi connectivity index (χ0) is 14.9. The van der Waals surface area contributed by atoms with Gasteiger partial charge < -0.3 is 10.4 Å². The van der Waals surface area contributed by atoms with E-state index in [0.717, 1.165) is 15.7 Å². The van der Waals surface area contributed by atoms with Gasteiger partial charge >= 0.3 is 0 Å². The number of likely N-dealkylation sites (tertiary alicyclic amines) is 1. The maximum Gasteiger partial charge on any atom is 0.238 e. The minimum Gasteiger partial charge on any atom is -0.387 e. The Bertz CT molecular complexity index is 511. The van der Waals surface area contributed by atoms with Gasteiger partial charge in [-0.25, -0.2) is 0 Å². The fourth-order valence-corrected chi connectivity index (χ4v) is 2.58. The molecule has 0 atom stereocenters. The van der Waals surface area contributed by atoms with Crippen molar-refractivity contribution in [2.75, 3.05) is 25.0 Å². The third kappa shape index (κ3) is 3.40. The summed E-state index contributed by atoms with van der Waals surface area (Å²) < 4.78 is 1.03. The average molecular weight is 341 g/mol. The Morgan fingerprint density at radius 3 is 2.70 bits per heavy atom. The second-order valence-corrected chi connectivity index (χ2v) is 6.77. The number of benzene rings is 1. The van der Waals surface area contributed by atoms with Crippen molar-refractivity contribution in [1.29, 1.82) is 0 Å². The van der Waals surface area contributed by atoms with Crippen LogP contribution in [0, 0.1) is 12.8 Å². The summed E-state index contributed by atoms with van der Waals surface area (Å²) in [5.74, 6) is 0.175. The average Bonchev–Trinajstić information content (AvgIpc) is 2.31. The normalized spacial score (nSPS) is 17.9. The summed E-state index contributed by atoms with van der Waals surface area (Å²) >= 11 is 3.43. The van der Waals surface area contributed by atoms with Crippen molar-refractivity contribution in [3.05, 3.63) is 28.2 Å². The minimum atomic E-state index is -0.630. The van der Waals surface area contributed by atoms with Crippen molar-refractivity contribution in [2.24, 2.45) is 5.92 Å². The molecule has 0 spiro atoms. The van der Waals surface area contributed by atoms with Crippen LogP contribution < -0.4 is 5.32 Å². The monoisotopic (exact) mass is 340 g/mol. The maximum absolute atomic E-state index is 11.9. The second kappa shape index (κ2) is 5.84. The first kappa shape index (κ1) is 15.5. The summed E-state index contributed by atoms with van der Waals surface area (Å²) in [6.45, 7) is 7.45. The highest BCUT2D eigenvalue weighted by Gasteiger charge is 2.43. The standard InChI is InChI=1S/C15H21BrN2O2/c1-10(2)15(20)8-18(9-15)7-14(19)17-12-4-5-13(16)11(3)6-12/h4-6,10,20H,7-9H2,1-3H3,(H,17,19). The Hall–Kier alpha value is -0.910. The molecule has 0 radical (unpaired) electrons. The van der Waals surface area contributed by atoms with Gasteiger partial charge in [0.1, 0.15) is 0 Å². The fraction of sp³-hybridized carbons (Fsp3) is 0.533. The van der Waals surface area contributed by atoms with Crippen LogP contribution in [0.2, 0.25) is 0 Å². The molecule has 0 saturated carbocycles. The molecule has 4 nitrogen and oxygen atoms in total. The van der Waals surface area contributed by atoms with Gasteiger partial charge in [0.05, 0.1) is 12.1 Å². The summed E-state index contributed by atoms with van der Waals surface area (Å²) in [5.41, 5.74) is 1.25. The lowest BCUT2D eigenvalue weighted by atomic mass is 9.83. The molecule has 5 heteroatoms. The fourth-order valence-electron chi connectivity index (χ4n) is 2.33. The topological polar surface area (TPSA) is 52.6 Å². The van der Waals surface area contributed by atoms with Crippen LogP contribution in [-0.2, 0) is 4.79 Å². The summed E-state index contributed by atoms with van der Waals surface area (Å²) in [6.07, 6.45) is 0. The number of hydrogen-bond acceptors (Lipinski definition) is 3. The number of amides is 1. The van der Waals surface area contributed by atoms with E-state index in [1.807, 2.05) is 43.9 Å². The van der Waals surface area contributed by atoms with Gasteiger partial charge in [0.2, 0.25) is 5.91 Å². The number of hydrogen-bond donors (Lipinski definition) is 2. The number of halogens is 1. The molecule has 1 aromatic carbocycles. The largest absolute Gasteiger partial charge is 0.387 e. The van der Waals surface area contributed by atoms with E-state index >= 15 is 0 Å². The Balaban J connectivity index is 1.84. The van der Waals surface area contributed by atoms with E-state index in [4.69, 9.17) is 0 Å². The zero-order valence-corrected chi connectivity index (χ0v) is 13.7. The van der Waals surface area contributed by atoms with Crippen molar-refractivity contribution in [3.8, 4) is 0 Å². The number of aryl methyl sites for hydroxylation is 1. The molecule has 20 heavy (non-hydrogen) atoms. The highest BCUT2D eigenvalue weighted by Crippen LogP contribution is 2.28. The van der Waals surface area contributed by atoms with Crippen molar-refractivity contribution in [1.82, 2.24) is 4.90 Å². The van der Waals surface area contributed by atoms with Gasteiger partial charge in [-0.1, -0.05) is 29.8 Å². The van der Waals surface area contributed by atoms with Crippen LogP contribution >= 0.6 is 15.9 Å². The van der Waals surface area contributed by atoms with E-state index in [-0.39, 0.29) is 11.8 Å². The number of carbonyl (C=O) groups is 1. The smallest absolute Gasteiger partial charge is 0.238 e. The van der Waals surface area contributed by atoms with Gasteiger partial charge in [0, 0.05) is 23.2 Å². The predicted molar refractivity (Wildman–Crippen MR) is 83.7 cm³/mol. The summed E-state index contributed by atoms with van der Waals surface area (Å²) in [4.78, 5) is 13.9. The van der Waals surface area contributed by atoms with Crippen LogP contribution in [0.25, 0.3) is 0 Å². The molecule has 1 aromatic rings. The highest BCUT2D eigenvalue weighted by atomic mass is 79.9. The molecule has 0 aliphatic carbocycles. The van der Waals surface area contributed by atoms with E-state index < -0.39 is 5.60 Å². The van der Waals surface area contributed by atoms with Crippen LogP contribution in [-0.4, -0.2) is 41.1 Å². The number of rotatable bonds is 4. The number of nitrogens with zero attached hydrogens (tertiary/aromatic N) is 1. The molecular weight excluding hydrogens is 320 g/mol. The van der Waals surface area contributed by atoms with Crippen molar-refractivity contribution in [3.63, 3.8) is 0 Å². The first-order valence-corrected chi connectivity index (χ1v) is 7.60. The lowest BCUT2D eigenvalue weighted by Crippen LogP contribution is -2.65. The molecule has 1 aliphatic rings. The molecule has 2 rings (SSSR count). The van der Waals surface area contributed by atoms with Gasteiger partial charge in [-0.15, -0.1) is 0 Å². The van der Waals surface area contributed by atoms with E-state index in [1.165, 1.54) is 0 Å². The van der Waals surface area contributed by atoms with E-state index in [1.54, 1.807) is 0 Å². The molecule has 1 fully saturated rings. The molecule has 1 aliphatic heterocycles. The van der Waals surface area contributed by atoms with Crippen molar-refractivity contribution in [2.45, 2.75) is 26.4 Å². The first-order valence-electron chi connectivity index (χ1n) is 6.81. The quantitative estimate of drug-likeness (QED) is 0.884. The minimum absolute atomic E-state index is 0.0440. The van der Waals surface area contributed by atoms with E-state index in [2.05, 4.69) is 21.2 Å². The van der Waals surface area contributed by atoms with Gasteiger partial charge in [-0.3, -0.25) is 9.69 Å². The third-order valence-corrected chi connectivity index (χ3v) is 4.77. The molecule has 1 amide bonds. The number of carbonyl (C=O) groups excluding carboxylic acids is 1. The van der Waals surface area contributed by atoms with Crippen molar-refractivity contribution >= 4 is 27.5 Å². The molecule has 0 bridgehead atoms. The second-order valence-electron chi connectivity index (χ2n) is 5.92. The van der Waals surface area contributed by atoms with Gasteiger partial charge in [0.15, 0.2) is 0 Å². The van der Waals surface area contributed by atoms with Crippen LogP contribution in [0.3, 0.4) is 0 Å². The van der Waals surface area contributed by atoms with Crippen molar-refractivity contribution < 1.29 is 9.90 Å².